The molecule has 2 amide bonds. The molecule has 0 aliphatic heterocycles. The molecule has 3 nitrogen and oxygen atoms in total. The summed E-state index contributed by atoms with van der Waals surface area (Å²) >= 11 is 0. The van der Waals surface area contributed by atoms with Crippen LogP contribution in [0.4, 0.5) is 0 Å². The Bertz CT molecular complexity index is 383. The van der Waals surface area contributed by atoms with Gasteiger partial charge in [-0.3, -0.25) is 14.9 Å². The normalized spacial score (nSPS) is 10.1. The van der Waals surface area contributed by atoms with Gasteiger partial charge in [-0.2, -0.15) is 0 Å². The van der Waals surface area contributed by atoms with Gasteiger partial charge in [0.05, 0.1) is 0 Å². The zero-order valence-electron chi connectivity index (χ0n) is 9.20. The number of carbonyl (C=O) groups is 2. The van der Waals surface area contributed by atoms with Gasteiger partial charge in [0, 0.05) is 11.5 Å². The number of carbonyl (C=O) groups excluding carboxylic acids is 2. The van der Waals surface area contributed by atoms with E-state index in [1.165, 1.54) is 0 Å². The maximum absolute atomic E-state index is 11.6. The summed E-state index contributed by atoms with van der Waals surface area (Å²) in [6, 6.07) is 7.19. The Hall–Kier alpha value is -1.64. The Morgan fingerprint density at radius 1 is 1.20 bits per heavy atom. The van der Waals surface area contributed by atoms with Crippen LogP contribution >= 0.6 is 0 Å². The fraction of sp³-hybridized carbons (Fsp3) is 0.333. The summed E-state index contributed by atoms with van der Waals surface area (Å²) in [7, 11) is 0. The SMILES string of the molecule is Cc1ccccc1C(=O)NC(=O)C(C)C. The van der Waals surface area contributed by atoms with Gasteiger partial charge in [-0.25, -0.2) is 0 Å². The number of amides is 2. The van der Waals surface area contributed by atoms with E-state index in [1.54, 1.807) is 26.0 Å². The minimum absolute atomic E-state index is 0.182. The zero-order chi connectivity index (χ0) is 11.4. The maximum Gasteiger partial charge on any atom is 0.258 e. The molecule has 0 spiro atoms. The Balaban J connectivity index is 2.79. The van der Waals surface area contributed by atoms with E-state index < -0.39 is 0 Å². The first-order valence-corrected chi connectivity index (χ1v) is 4.93. The molecule has 0 saturated carbocycles. The van der Waals surface area contributed by atoms with Gasteiger partial charge in [0.2, 0.25) is 5.91 Å². The van der Waals surface area contributed by atoms with Crippen LogP contribution in [0.2, 0.25) is 0 Å². The highest BCUT2D eigenvalue weighted by Crippen LogP contribution is 2.06. The molecule has 3 heteroatoms. The van der Waals surface area contributed by atoms with Crippen LogP contribution in [0.1, 0.15) is 29.8 Å². The highest BCUT2D eigenvalue weighted by Gasteiger charge is 2.13. The lowest BCUT2D eigenvalue weighted by atomic mass is 10.1. The van der Waals surface area contributed by atoms with Crippen molar-refractivity contribution in [2.45, 2.75) is 20.8 Å². The average Bonchev–Trinajstić information content (AvgIpc) is 2.18. The van der Waals surface area contributed by atoms with E-state index in [9.17, 15) is 9.59 Å². The fourth-order valence-electron chi connectivity index (χ4n) is 1.15. The maximum atomic E-state index is 11.6. The molecule has 1 aromatic rings. The molecule has 1 N–H and O–H groups in total. The Kier molecular flexibility index (Phi) is 3.61. The summed E-state index contributed by atoms with van der Waals surface area (Å²) in [4.78, 5) is 23.0. The molecule has 0 aliphatic rings. The van der Waals surface area contributed by atoms with Crippen LogP contribution in [0.25, 0.3) is 0 Å². The second kappa shape index (κ2) is 4.73. The molecule has 0 radical (unpaired) electrons. The molecule has 15 heavy (non-hydrogen) atoms. The summed E-state index contributed by atoms with van der Waals surface area (Å²) < 4.78 is 0. The van der Waals surface area contributed by atoms with Gasteiger partial charge in [0.25, 0.3) is 5.91 Å². The van der Waals surface area contributed by atoms with Crippen molar-refractivity contribution in [3.05, 3.63) is 35.4 Å². The second-order valence-electron chi connectivity index (χ2n) is 3.79. The number of hydrogen-bond acceptors (Lipinski definition) is 2. The van der Waals surface area contributed by atoms with E-state index in [-0.39, 0.29) is 17.7 Å². The van der Waals surface area contributed by atoms with Crippen molar-refractivity contribution < 1.29 is 9.59 Å². The molecule has 0 heterocycles. The highest BCUT2D eigenvalue weighted by atomic mass is 16.2. The molecule has 0 fully saturated rings. The third-order valence-electron chi connectivity index (χ3n) is 2.15. The van der Waals surface area contributed by atoms with E-state index in [0.717, 1.165) is 5.56 Å². The first-order valence-electron chi connectivity index (χ1n) is 4.93. The number of benzene rings is 1. The van der Waals surface area contributed by atoms with Crippen molar-refractivity contribution in [1.29, 1.82) is 0 Å². The van der Waals surface area contributed by atoms with E-state index in [2.05, 4.69) is 5.32 Å². The third-order valence-corrected chi connectivity index (χ3v) is 2.15. The minimum atomic E-state index is -0.327. The summed E-state index contributed by atoms with van der Waals surface area (Å²) in [5, 5.41) is 2.36. The molecule has 0 unspecified atom stereocenters. The van der Waals surface area contributed by atoms with Crippen LogP contribution in [-0.2, 0) is 4.79 Å². The number of aryl methyl sites for hydroxylation is 1. The summed E-state index contributed by atoms with van der Waals surface area (Å²) in [5.41, 5.74) is 1.41. The van der Waals surface area contributed by atoms with E-state index in [0.29, 0.717) is 5.56 Å². The second-order valence-corrected chi connectivity index (χ2v) is 3.79. The molecule has 80 valence electrons. The molecule has 0 bridgehead atoms. The van der Waals surface area contributed by atoms with Crippen molar-refractivity contribution in [3.63, 3.8) is 0 Å². The molecular weight excluding hydrogens is 190 g/mol. The summed E-state index contributed by atoms with van der Waals surface area (Å²) in [6.07, 6.45) is 0. The number of rotatable bonds is 2. The van der Waals surface area contributed by atoms with Crippen molar-refractivity contribution in [1.82, 2.24) is 5.32 Å². The van der Waals surface area contributed by atoms with Gasteiger partial charge in [0.1, 0.15) is 0 Å². The van der Waals surface area contributed by atoms with Crippen LogP contribution in [0, 0.1) is 12.8 Å². The third kappa shape index (κ3) is 2.91. The monoisotopic (exact) mass is 205 g/mol. The standard InChI is InChI=1S/C12H15NO2/c1-8(2)11(14)13-12(15)10-7-5-4-6-9(10)3/h4-8H,1-3H3,(H,13,14,15). The van der Waals surface area contributed by atoms with Crippen LogP contribution in [-0.4, -0.2) is 11.8 Å². The number of hydrogen-bond donors (Lipinski definition) is 1. The number of imide groups is 1. The predicted octanol–water partition coefficient (Wildman–Crippen LogP) is 1.91. The molecular formula is C12H15NO2. The quantitative estimate of drug-likeness (QED) is 0.801. The Morgan fingerprint density at radius 3 is 2.33 bits per heavy atom. The lowest BCUT2D eigenvalue weighted by Gasteiger charge is -2.07. The predicted molar refractivity (Wildman–Crippen MR) is 58.5 cm³/mol. The highest BCUT2D eigenvalue weighted by molar-refractivity contribution is 6.05. The largest absolute Gasteiger partial charge is 0.292 e. The van der Waals surface area contributed by atoms with Crippen LogP contribution in [0.5, 0.6) is 0 Å². The minimum Gasteiger partial charge on any atom is -0.292 e. The fourth-order valence-corrected chi connectivity index (χ4v) is 1.15. The van der Waals surface area contributed by atoms with Gasteiger partial charge < -0.3 is 0 Å². The van der Waals surface area contributed by atoms with Crippen molar-refractivity contribution in [2.24, 2.45) is 5.92 Å². The van der Waals surface area contributed by atoms with Crippen LogP contribution in [0.15, 0.2) is 24.3 Å². The van der Waals surface area contributed by atoms with Gasteiger partial charge in [-0.15, -0.1) is 0 Å². The average molecular weight is 205 g/mol. The Morgan fingerprint density at radius 2 is 1.80 bits per heavy atom. The molecule has 0 aromatic heterocycles. The van der Waals surface area contributed by atoms with Gasteiger partial charge >= 0.3 is 0 Å². The van der Waals surface area contributed by atoms with Gasteiger partial charge in [-0.1, -0.05) is 32.0 Å². The first-order chi connectivity index (χ1) is 7.02. The van der Waals surface area contributed by atoms with E-state index in [4.69, 9.17) is 0 Å². The smallest absolute Gasteiger partial charge is 0.258 e. The van der Waals surface area contributed by atoms with Crippen LogP contribution < -0.4 is 5.32 Å². The van der Waals surface area contributed by atoms with Crippen molar-refractivity contribution in [3.8, 4) is 0 Å². The van der Waals surface area contributed by atoms with E-state index >= 15 is 0 Å². The molecule has 0 saturated heterocycles. The van der Waals surface area contributed by atoms with Gasteiger partial charge in [-0.05, 0) is 18.6 Å². The van der Waals surface area contributed by atoms with Crippen molar-refractivity contribution in [2.75, 3.05) is 0 Å². The molecule has 0 atom stereocenters. The Labute approximate surface area is 89.5 Å². The number of nitrogens with one attached hydrogen (secondary N) is 1. The first kappa shape index (κ1) is 11.4. The van der Waals surface area contributed by atoms with E-state index in [1.807, 2.05) is 19.1 Å². The van der Waals surface area contributed by atoms with Crippen molar-refractivity contribution >= 4 is 11.8 Å². The molecule has 1 aromatic carbocycles. The lowest BCUT2D eigenvalue weighted by Crippen LogP contribution is -2.33. The van der Waals surface area contributed by atoms with Crippen LogP contribution in [0.3, 0.4) is 0 Å². The molecule has 1 rings (SSSR count). The molecule has 0 aliphatic carbocycles. The van der Waals surface area contributed by atoms with Gasteiger partial charge in [0.15, 0.2) is 0 Å². The zero-order valence-corrected chi connectivity index (χ0v) is 9.20. The lowest BCUT2D eigenvalue weighted by molar-refractivity contribution is -0.122. The topological polar surface area (TPSA) is 46.2 Å². The summed E-state index contributed by atoms with van der Waals surface area (Å²) in [6.45, 7) is 5.34. The summed E-state index contributed by atoms with van der Waals surface area (Å²) in [5.74, 6) is -0.756.